The molecule has 0 aliphatic rings. The Kier molecular flexibility index (Phi) is 6.53. The Morgan fingerprint density at radius 2 is 1.36 bits per heavy atom. The summed E-state index contributed by atoms with van der Waals surface area (Å²) in [6.07, 6.45) is 0.897. The van der Waals surface area contributed by atoms with Crippen LogP contribution in [0.15, 0.2) is 60.7 Å². The van der Waals surface area contributed by atoms with Gasteiger partial charge in [0.15, 0.2) is 8.38 Å². The van der Waals surface area contributed by atoms with Crippen LogP contribution in [0.4, 0.5) is 0 Å². The molecule has 0 amide bonds. The maximum absolute atomic E-state index is 9.81. The minimum atomic E-state index is -2.03. The highest BCUT2D eigenvalue weighted by molar-refractivity contribution is 7.45. The molecule has 3 N–H and O–H groups in total. The van der Waals surface area contributed by atoms with Crippen molar-refractivity contribution in [2.75, 3.05) is 0 Å². The van der Waals surface area contributed by atoms with E-state index in [0.29, 0.717) is 0 Å². The van der Waals surface area contributed by atoms with Crippen molar-refractivity contribution in [3.63, 3.8) is 0 Å². The van der Waals surface area contributed by atoms with Crippen molar-refractivity contribution in [1.82, 2.24) is 5.32 Å². The first-order valence-electron chi connectivity index (χ1n) is 7.66. The molecule has 2 aromatic rings. The van der Waals surface area contributed by atoms with Gasteiger partial charge in [-0.05, 0) is 17.0 Å². The van der Waals surface area contributed by atoms with Gasteiger partial charge in [0.2, 0.25) is 0 Å². The Bertz CT molecular complexity index is 508. The molecule has 3 nitrogen and oxygen atoms in total. The molecule has 22 heavy (non-hydrogen) atoms. The zero-order valence-corrected chi connectivity index (χ0v) is 13.9. The second-order valence-electron chi connectivity index (χ2n) is 5.57. The Morgan fingerprint density at radius 1 is 0.909 bits per heavy atom. The van der Waals surface area contributed by atoms with Crippen molar-refractivity contribution in [3.05, 3.63) is 71.8 Å². The molecule has 0 aliphatic heterocycles. The Labute approximate surface area is 133 Å². The Balaban J connectivity index is 2.33. The van der Waals surface area contributed by atoms with Crippen molar-refractivity contribution in [2.45, 2.75) is 32.1 Å². The molecule has 0 aromatic heterocycles. The highest BCUT2D eigenvalue weighted by atomic mass is 31.2. The molecule has 0 fully saturated rings. The monoisotopic (exact) mass is 317 g/mol. The van der Waals surface area contributed by atoms with E-state index in [2.05, 4.69) is 36.5 Å². The summed E-state index contributed by atoms with van der Waals surface area (Å²) < 4.78 is 0. The molecule has 2 atom stereocenters. The third-order valence-corrected chi connectivity index (χ3v) is 5.19. The van der Waals surface area contributed by atoms with Gasteiger partial charge in [0.1, 0.15) is 0 Å². The van der Waals surface area contributed by atoms with E-state index in [0.717, 1.165) is 17.5 Å². The minimum absolute atomic E-state index is 0.0503. The van der Waals surface area contributed by atoms with Crippen LogP contribution in [0, 0.1) is 5.92 Å². The summed E-state index contributed by atoms with van der Waals surface area (Å²) in [5, 5.41) is 3.47. The van der Waals surface area contributed by atoms with Crippen LogP contribution < -0.4 is 5.32 Å². The second-order valence-corrected chi connectivity index (χ2v) is 6.77. The van der Waals surface area contributed by atoms with Crippen LogP contribution in [0.3, 0.4) is 0 Å². The topological polar surface area (TPSA) is 52.5 Å². The van der Waals surface area contributed by atoms with E-state index in [9.17, 15) is 9.79 Å². The van der Waals surface area contributed by atoms with Crippen molar-refractivity contribution >= 4 is 8.38 Å². The van der Waals surface area contributed by atoms with Crippen LogP contribution in [0.25, 0.3) is 0 Å². The summed E-state index contributed by atoms with van der Waals surface area (Å²) >= 11 is 0. The van der Waals surface area contributed by atoms with Crippen molar-refractivity contribution in [2.24, 2.45) is 5.92 Å². The van der Waals surface area contributed by atoms with E-state index in [1.54, 1.807) is 0 Å². The Hall–Kier alpha value is -1.25. The summed E-state index contributed by atoms with van der Waals surface area (Å²) in [7, 11) is -2.03. The van der Waals surface area contributed by atoms with Crippen LogP contribution in [-0.2, 0) is 0 Å². The molecule has 0 radical (unpaired) electrons. The summed E-state index contributed by atoms with van der Waals surface area (Å²) in [4.78, 5) is 19.6. The zero-order chi connectivity index (χ0) is 15.9. The van der Waals surface area contributed by atoms with Crippen LogP contribution in [-0.4, -0.2) is 15.6 Å². The largest absolute Gasteiger partial charge is 0.349 e. The fourth-order valence-electron chi connectivity index (χ4n) is 2.53. The van der Waals surface area contributed by atoms with Gasteiger partial charge in [-0.1, -0.05) is 80.9 Å². The highest BCUT2D eigenvalue weighted by Crippen LogP contribution is 2.38. The number of hydrogen-bond donors (Lipinski definition) is 3. The molecule has 0 aliphatic carbocycles. The van der Waals surface area contributed by atoms with Crippen LogP contribution in [0.1, 0.15) is 37.4 Å². The van der Waals surface area contributed by atoms with Gasteiger partial charge in [0, 0.05) is 0 Å². The SMILES string of the molecule is CCC(C)C(NC(c1ccccc1)c1ccccc1)P(O)O. The highest BCUT2D eigenvalue weighted by Gasteiger charge is 2.27. The first kappa shape index (κ1) is 17.1. The molecule has 0 heterocycles. The molecule has 2 aromatic carbocycles. The standard InChI is InChI=1S/C18H24NO2P/c1-3-14(2)18(22(20)21)19-17(15-10-6-4-7-11-15)16-12-8-5-9-13-16/h4-14,17-21H,3H2,1-2H3. The normalized spacial score (nSPS) is 14.3. The molecule has 0 saturated heterocycles. The van der Waals surface area contributed by atoms with Gasteiger partial charge in [-0.15, -0.1) is 0 Å². The first-order chi connectivity index (χ1) is 10.6. The van der Waals surface area contributed by atoms with Crippen molar-refractivity contribution in [1.29, 1.82) is 0 Å². The van der Waals surface area contributed by atoms with E-state index in [1.807, 2.05) is 43.3 Å². The van der Waals surface area contributed by atoms with Gasteiger partial charge in [-0.2, -0.15) is 0 Å². The summed E-state index contributed by atoms with van der Waals surface area (Å²) in [5.41, 5.74) is 2.25. The molecular weight excluding hydrogens is 293 g/mol. The number of rotatable bonds is 7. The van der Waals surface area contributed by atoms with Crippen molar-refractivity contribution < 1.29 is 9.79 Å². The fraction of sp³-hybridized carbons (Fsp3) is 0.333. The lowest BCUT2D eigenvalue weighted by atomic mass is 9.97. The quantitative estimate of drug-likeness (QED) is 0.676. The Morgan fingerprint density at radius 3 is 1.73 bits per heavy atom. The van der Waals surface area contributed by atoms with Gasteiger partial charge in [0.05, 0.1) is 11.8 Å². The molecule has 0 bridgehead atoms. The molecule has 4 heteroatoms. The second kappa shape index (κ2) is 8.40. The van der Waals surface area contributed by atoms with E-state index in [4.69, 9.17) is 0 Å². The third kappa shape index (κ3) is 4.37. The molecule has 118 valence electrons. The molecular formula is C18H24NO2P. The molecule has 2 unspecified atom stereocenters. The fourth-order valence-corrected chi connectivity index (χ4v) is 3.48. The minimum Gasteiger partial charge on any atom is -0.349 e. The molecule has 0 spiro atoms. The van der Waals surface area contributed by atoms with Gasteiger partial charge < -0.3 is 9.79 Å². The lowest BCUT2D eigenvalue weighted by Gasteiger charge is -2.30. The molecule has 2 rings (SSSR count). The molecule has 0 saturated carbocycles. The van der Waals surface area contributed by atoms with E-state index < -0.39 is 8.38 Å². The number of benzene rings is 2. The first-order valence-corrected chi connectivity index (χ1v) is 8.98. The summed E-state index contributed by atoms with van der Waals surface area (Å²) in [6.45, 7) is 4.12. The zero-order valence-electron chi connectivity index (χ0n) is 13.1. The van der Waals surface area contributed by atoms with Crippen molar-refractivity contribution in [3.8, 4) is 0 Å². The van der Waals surface area contributed by atoms with Gasteiger partial charge in [-0.25, -0.2) is 0 Å². The van der Waals surface area contributed by atoms with Gasteiger partial charge >= 0.3 is 0 Å². The maximum atomic E-state index is 9.81. The van der Waals surface area contributed by atoms with Gasteiger partial charge in [-0.3, -0.25) is 5.32 Å². The smallest absolute Gasteiger partial charge is 0.183 e. The van der Waals surface area contributed by atoms with Crippen LogP contribution in [0.5, 0.6) is 0 Å². The maximum Gasteiger partial charge on any atom is 0.183 e. The average molecular weight is 317 g/mol. The third-order valence-electron chi connectivity index (χ3n) is 4.03. The van der Waals surface area contributed by atoms with E-state index in [1.165, 1.54) is 0 Å². The predicted molar refractivity (Wildman–Crippen MR) is 92.5 cm³/mol. The lowest BCUT2D eigenvalue weighted by molar-refractivity contribution is 0.370. The summed E-state index contributed by atoms with van der Waals surface area (Å²) in [5.74, 6) is -0.124. The lowest BCUT2D eigenvalue weighted by Crippen LogP contribution is -2.36. The van der Waals surface area contributed by atoms with Gasteiger partial charge in [0.25, 0.3) is 0 Å². The van der Waals surface area contributed by atoms with Crippen LogP contribution >= 0.6 is 8.38 Å². The average Bonchev–Trinajstić information content (AvgIpc) is 2.56. The van der Waals surface area contributed by atoms with Crippen LogP contribution in [0.2, 0.25) is 0 Å². The predicted octanol–water partition coefficient (Wildman–Crippen LogP) is 4.03. The van der Waals surface area contributed by atoms with E-state index >= 15 is 0 Å². The van der Waals surface area contributed by atoms with E-state index in [-0.39, 0.29) is 17.7 Å². The summed E-state index contributed by atoms with van der Waals surface area (Å²) in [6, 6.07) is 20.2. The number of nitrogens with one attached hydrogen (secondary N) is 1. The number of hydrogen-bond acceptors (Lipinski definition) is 3.